The minimum Gasteiger partial charge on any atom is -0.375 e. The van der Waals surface area contributed by atoms with Gasteiger partial charge in [0.05, 0.1) is 10.6 Å². The third kappa shape index (κ3) is 4.96. The number of amides is 2. The number of halogens is 2. The van der Waals surface area contributed by atoms with Crippen molar-refractivity contribution in [3.63, 3.8) is 0 Å². The molecule has 0 heterocycles. The zero-order valence-electron chi connectivity index (χ0n) is 12.2. The van der Waals surface area contributed by atoms with Crippen molar-refractivity contribution < 1.29 is 14.3 Å². The Kier molecular flexibility index (Phi) is 5.98. The Bertz CT molecular complexity index is 735. The van der Waals surface area contributed by atoms with Gasteiger partial charge >= 0.3 is 0 Å². The highest BCUT2D eigenvalue weighted by atomic mass is 35.5. The molecule has 2 aromatic rings. The van der Waals surface area contributed by atoms with Crippen LogP contribution in [0.2, 0.25) is 10.0 Å². The fourth-order valence-electron chi connectivity index (χ4n) is 1.87. The van der Waals surface area contributed by atoms with Crippen LogP contribution >= 0.6 is 23.2 Å². The zero-order valence-corrected chi connectivity index (χ0v) is 13.7. The lowest BCUT2D eigenvalue weighted by molar-refractivity contribution is -0.119. The molecule has 0 radical (unpaired) electrons. The van der Waals surface area contributed by atoms with Crippen LogP contribution in [0.5, 0.6) is 0 Å². The van der Waals surface area contributed by atoms with Gasteiger partial charge in [-0.05, 0) is 36.4 Å². The monoisotopic (exact) mass is 352 g/mol. The number of hydrogen-bond donors (Lipinski definition) is 2. The maximum atomic E-state index is 12.2. The smallest absolute Gasteiger partial charge is 0.257 e. The zero-order chi connectivity index (χ0) is 16.8. The Morgan fingerprint density at radius 2 is 1.74 bits per heavy atom. The maximum absolute atomic E-state index is 12.2. The molecule has 23 heavy (non-hydrogen) atoms. The molecule has 2 aromatic carbocycles. The minimum absolute atomic E-state index is 0.0447. The van der Waals surface area contributed by atoms with E-state index in [9.17, 15) is 9.59 Å². The van der Waals surface area contributed by atoms with Crippen molar-refractivity contribution in [2.24, 2.45) is 0 Å². The Morgan fingerprint density at radius 3 is 2.39 bits per heavy atom. The summed E-state index contributed by atoms with van der Waals surface area (Å²) in [6, 6.07) is 11.4. The molecule has 5 nitrogen and oxygen atoms in total. The number of carbonyl (C=O) groups is 2. The molecule has 0 bridgehead atoms. The highest BCUT2D eigenvalue weighted by Crippen LogP contribution is 2.23. The minimum atomic E-state index is -0.368. The van der Waals surface area contributed by atoms with Crippen LogP contribution < -0.4 is 10.6 Å². The number of anilines is 2. The summed E-state index contributed by atoms with van der Waals surface area (Å²) in [6.45, 7) is -0.0447. The van der Waals surface area contributed by atoms with Gasteiger partial charge in [-0.2, -0.15) is 0 Å². The van der Waals surface area contributed by atoms with E-state index in [1.54, 1.807) is 36.4 Å². The van der Waals surface area contributed by atoms with Crippen molar-refractivity contribution in [3.05, 3.63) is 58.1 Å². The molecule has 0 unspecified atom stereocenters. The number of hydrogen-bond acceptors (Lipinski definition) is 3. The number of nitrogens with one attached hydrogen (secondary N) is 2. The van der Waals surface area contributed by atoms with E-state index in [0.717, 1.165) is 0 Å². The molecule has 0 aliphatic heterocycles. The summed E-state index contributed by atoms with van der Waals surface area (Å²) in [5, 5.41) is 6.09. The van der Waals surface area contributed by atoms with Crippen LogP contribution in [0.3, 0.4) is 0 Å². The van der Waals surface area contributed by atoms with Gasteiger partial charge in [0.25, 0.3) is 5.91 Å². The maximum Gasteiger partial charge on any atom is 0.257 e. The number of rotatable bonds is 5. The molecule has 0 atom stereocenters. The first kappa shape index (κ1) is 17.3. The van der Waals surface area contributed by atoms with Crippen LogP contribution in [0.1, 0.15) is 10.4 Å². The van der Waals surface area contributed by atoms with Crippen molar-refractivity contribution >= 4 is 46.4 Å². The molecular formula is C16H14Cl2N2O3. The summed E-state index contributed by atoms with van der Waals surface area (Å²) in [5.74, 6) is -0.649. The Balaban J connectivity index is 2.10. The first-order chi connectivity index (χ1) is 11.0. The van der Waals surface area contributed by atoms with Crippen molar-refractivity contribution in [3.8, 4) is 0 Å². The number of methoxy groups -OCH3 is 1. The van der Waals surface area contributed by atoms with E-state index in [1.165, 1.54) is 13.2 Å². The average molecular weight is 353 g/mol. The molecule has 0 aliphatic carbocycles. The fourth-order valence-corrected chi connectivity index (χ4v) is 2.37. The molecule has 0 fully saturated rings. The van der Waals surface area contributed by atoms with Gasteiger partial charge in [0.15, 0.2) is 0 Å². The predicted octanol–water partition coefficient (Wildman–Crippen LogP) is 3.83. The lowest BCUT2D eigenvalue weighted by Gasteiger charge is -2.09. The van der Waals surface area contributed by atoms with Gasteiger partial charge < -0.3 is 15.4 Å². The second kappa shape index (κ2) is 7.97. The molecule has 0 spiro atoms. The van der Waals surface area contributed by atoms with E-state index in [0.29, 0.717) is 22.0 Å². The van der Waals surface area contributed by atoms with Crippen molar-refractivity contribution in [1.29, 1.82) is 0 Å². The number of ether oxygens (including phenoxy) is 1. The molecule has 0 saturated carbocycles. The van der Waals surface area contributed by atoms with Crippen LogP contribution in [0.15, 0.2) is 42.5 Å². The third-order valence-electron chi connectivity index (χ3n) is 2.86. The Hall–Kier alpha value is -2.08. The molecule has 0 aliphatic rings. The van der Waals surface area contributed by atoms with E-state index in [1.807, 2.05) is 0 Å². The largest absolute Gasteiger partial charge is 0.375 e. The Morgan fingerprint density at radius 1 is 1.04 bits per heavy atom. The van der Waals surface area contributed by atoms with Gasteiger partial charge in [-0.15, -0.1) is 0 Å². The summed E-state index contributed by atoms with van der Waals surface area (Å²) in [7, 11) is 1.44. The van der Waals surface area contributed by atoms with Crippen LogP contribution in [-0.4, -0.2) is 25.5 Å². The van der Waals surface area contributed by atoms with E-state index >= 15 is 0 Å². The second-order valence-corrected chi connectivity index (χ2v) is 5.48. The lowest BCUT2D eigenvalue weighted by Crippen LogP contribution is -2.17. The van der Waals surface area contributed by atoms with Gasteiger partial charge in [0, 0.05) is 23.5 Å². The first-order valence-electron chi connectivity index (χ1n) is 6.65. The van der Waals surface area contributed by atoms with Crippen LogP contribution in [0.25, 0.3) is 0 Å². The summed E-state index contributed by atoms with van der Waals surface area (Å²) in [6.07, 6.45) is 0. The van der Waals surface area contributed by atoms with Crippen LogP contribution in [0.4, 0.5) is 11.4 Å². The second-order valence-electron chi connectivity index (χ2n) is 4.64. The first-order valence-corrected chi connectivity index (χ1v) is 7.40. The quantitative estimate of drug-likeness (QED) is 0.859. The summed E-state index contributed by atoms with van der Waals surface area (Å²) in [5.41, 5.74) is 1.38. The normalized spacial score (nSPS) is 10.2. The van der Waals surface area contributed by atoms with E-state index in [-0.39, 0.29) is 23.4 Å². The topological polar surface area (TPSA) is 67.4 Å². The fraction of sp³-hybridized carbons (Fsp3) is 0.125. The van der Waals surface area contributed by atoms with Crippen molar-refractivity contribution in [1.82, 2.24) is 0 Å². The molecule has 0 saturated heterocycles. The van der Waals surface area contributed by atoms with E-state index < -0.39 is 0 Å². The SMILES string of the molecule is COCC(=O)Nc1cccc(NC(=O)c2ccc(Cl)cc2Cl)c1. The predicted molar refractivity (Wildman–Crippen MR) is 91.4 cm³/mol. The number of carbonyl (C=O) groups excluding carboxylic acids is 2. The average Bonchev–Trinajstić information content (AvgIpc) is 2.47. The molecule has 7 heteroatoms. The van der Waals surface area contributed by atoms with Gasteiger partial charge in [0.1, 0.15) is 6.61 Å². The molecular weight excluding hydrogens is 339 g/mol. The molecule has 2 N–H and O–H groups in total. The van der Waals surface area contributed by atoms with Crippen LogP contribution in [0, 0.1) is 0 Å². The van der Waals surface area contributed by atoms with Gasteiger partial charge in [-0.1, -0.05) is 29.3 Å². The molecule has 2 amide bonds. The van der Waals surface area contributed by atoms with E-state index in [2.05, 4.69) is 10.6 Å². The van der Waals surface area contributed by atoms with Crippen LogP contribution in [-0.2, 0) is 9.53 Å². The van der Waals surface area contributed by atoms with E-state index in [4.69, 9.17) is 27.9 Å². The molecule has 0 aromatic heterocycles. The number of benzene rings is 2. The highest BCUT2D eigenvalue weighted by molar-refractivity contribution is 6.37. The van der Waals surface area contributed by atoms with Gasteiger partial charge in [0.2, 0.25) is 5.91 Å². The lowest BCUT2D eigenvalue weighted by atomic mass is 10.2. The third-order valence-corrected chi connectivity index (χ3v) is 3.40. The summed E-state index contributed by atoms with van der Waals surface area (Å²) < 4.78 is 4.74. The molecule has 2 rings (SSSR count). The van der Waals surface area contributed by atoms with Crippen molar-refractivity contribution in [2.75, 3.05) is 24.4 Å². The van der Waals surface area contributed by atoms with Gasteiger partial charge in [-0.3, -0.25) is 9.59 Å². The summed E-state index contributed by atoms with van der Waals surface area (Å²) >= 11 is 11.8. The highest BCUT2D eigenvalue weighted by Gasteiger charge is 2.11. The molecule has 120 valence electrons. The van der Waals surface area contributed by atoms with Gasteiger partial charge in [-0.25, -0.2) is 0 Å². The standard InChI is InChI=1S/C16H14Cl2N2O3/c1-23-9-15(21)19-11-3-2-4-12(8-11)20-16(22)13-6-5-10(17)7-14(13)18/h2-8H,9H2,1H3,(H,19,21)(H,20,22). The Labute approximate surface area is 143 Å². The summed E-state index contributed by atoms with van der Waals surface area (Å²) in [4.78, 5) is 23.7. The van der Waals surface area contributed by atoms with Crippen molar-refractivity contribution in [2.45, 2.75) is 0 Å².